The van der Waals surface area contributed by atoms with Gasteiger partial charge in [0.1, 0.15) is 0 Å². The van der Waals surface area contributed by atoms with E-state index >= 15 is 0 Å². The van der Waals surface area contributed by atoms with Gasteiger partial charge >= 0.3 is 0 Å². The lowest BCUT2D eigenvalue weighted by molar-refractivity contribution is -0.121. The SMILES string of the molecule is CCC(CC)C(=O)N=C1S[C@H]2CS(=O)(=O)C[C@@H]2N1C. The molecule has 2 aliphatic heterocycles. The average molecular weight is 304 g/mol. The second kappa shape index (κ2) is 5.44. The van der Waals surface area contributed by atoms with E-state index in [9.17, 15) is 13.2 Å². The largest absolute Gasteiger partial charge is 0.349 e. The van der Waals surface area contributed by atoms with Crippen LogP contribution in [0.25, 0.3) is 0 Å². The van der Waals surface area contributed by atoms with E-state index in [0.717, 1.165) is 12.8 Å². The number of fused-ring (bicyclic) bond motifs is 1. The molecule has 2 aliphatic rings. The Morgan fingerprint density at radius 1 is 1.42 bits per heavy atom. The Bertz CT molecular complexity index is 497. The van der Waals surface area contributed by atoms with E-state index in [4.69, 9.17) is 0 Å². The highest BCUT2D eigenvalue weighted by molar-refractivity contribution is 8.15. The number of rotatable bonds is 3. The van der Waals surface area contributed by atoms with Gasteiger partial charge in [-0.3, -0.25) is 4.79 Å². The van der Waals surface area contributed by atoms with E-state index in [0.29, 0.717) is 5.17 Å². The minimum atomic E-state index is -2.92. The van der Waals surface area contributed by atoms with Crippen molar-refractivity contribution in [3.63, 3.8) is 0 Å². The molecule has 0 aromatic heterocycles. The van der Waals surface area contributed by atoms with Crippen molar-refractivity contribution in [2.45, 2.75) is 38.0 Å². The molecule has 2 fully saturated rings. The zero-order chi connectivity index (χ0) is 14.2. The van der Waals surface area contributed by atoms with Crippen LogP contribution in [0.5, 0.6) is 0 Å². The number of thioether (sulfide) groups is 1. The van der Waals surface area contributed by atoms with Crippen molar-refractivity contribution in [3.8, 4) is 0 Å². The first-order valence-corrected chi connectivity index (χ1v) is 9.30. The van der Waals surface area contributed by atoms with Gasteiger partial charge in [-0.2, -0.15) is 4.99 Å². The maximum absolute atomic E-state index is 12.0. The van der Waals surface area contributed by atoms with Gasteiger partial charge in [0.05, 0.1) is 17.5 Å². The number of aliphatic imine (C=N–C) groups is 1. The molecule has 2 heterocycles. The van der Waals surface area contributed by atoms with Gasteiger partial charge in [0, 0.05) is 18.2 Å². The number of carbonyl (C=O) groups excluding carboxylic acids is 1. The Hall–Kier alpha value is -0.560. The Labute approximate surface area is 118 Å². The van der Waals surface area contributed by atoms with Crippen LogP contribution in [0.1, 0.15) is 26.7 Å². The zero-order valence-electron chi connectivity index (χ0n) is 11.5. The molecule has 0 aromatic rings. The second-order valence-corrected chi connectivity index (χ2v) is 8.52. The molecule has 108 valence electrons. The number of carbonyl (C=O) groups is 1. The van der Waals surface area contributed by atoms with Crippen molar-refractivity contribution in [3.05, 3.63) is 0 Å². The number of sulfone groups is 1. The van der Waals surface area contributed by atoms with Crippen molar-refractivity contribution >= 4 is 32.7 Å². The maximum atomic E-state index is 12.0. The molecule has 2 saturated heterocycles. The summed E-state index contributed by atoms with van der Waals surface area (Å²) in [6, 6.07) is -0.0248. The van der Waals surface area contributed by atoms with Gasteiger partial charge < -0.3 is 4.90 Å². The third kappa shape index (κ3) is 2.97. The molecule has 0 aromatic carbocycles. The van der Waals surface area contributed by atoms with Crippen LogP contribution in [0.3, 0.4) is 0 Å². The molecule has 7 heteroatoms. The van der Waals surface area contributed by atoms with E-state index in [1.165, 1.54) is 11.8 Å². The Morgan fingerprint density at radius 2 is 2.05 bits per heavy atom. The van der Waals surface area contributed by atoms with Crippen molar-refractivity contribution in [2.75, 3.05) is 18.6 Å². The lowest BCUT2D eigenvalue weighted by Crippen LogP contribution is -2.34. The van der Waals surface area contributed by atoms with Crippen LogP contribution in [0.15, 0.2) is 4.99 Å². The van der Waals surface area contributed by atoms with Gasteiger partial charge in [-0.05, 0) is 12.8 Å². The fourth-order valence-corrected chi connectivity index (χ4v) is 6.56. The molecule has 0 saturated carbocycles. The summed E-state index contributed by atoms with van der Waals surface area (Å²) in [6.07, 6.45) is 1.59. The van der Waals surface area contributed by atoms with Crippen molar-refractivity contribution in [1.82, 2.24) is 4.90 Å². The average Bonchev–Trinajstić information content (AvgIpc) is 2.76. The topological polar surface area (TPSA) is 66.8 Å². The summed E-state index contributed by atoms with van der Waals surface area (Å²) in [5, 5.41) is 0.713. The Balaban J connectivity index is 2.11. The Morgan fingerprint density at radius 3 is 2.58 bits per heavy atom. The van der Waals surface area contributed by atoms with Crippen molar-refractivity contribution < 1.29 is 13.2 Å². The van der Waals surface area contributed by atoms with Crippen LogP contribution in [0.4, 0.5) is 0 Å². The van der Waals surface area contributed by atoms with Crippen molar-refractivity contribution in [2.24, 2.45) is 10.9 Å². The van der Waals surface area contributed by atoms with Crippen molar-refractivity contribution in [1.29, 1.82) is 0 Å². The lowest BCUT2D eigenvalue weighted by atomic mass is 10.0. The molecule has 0 bridgehead atoms. The first-order chi connectivity index (χ1) is 8.88. The molecule has 0 radical (unpaired) electrons. The van der Waals surface area contributed by atoms with Crippen LogP contribution in [0, 0.1) is 5.92 Å². The summed E-state index contributed by atoms with van der Waals surface area (Å²) in [5.74, 6) is 0.275. The van der Waals surface area contributed by atoms with Gasteiger partial charge in [0.15, 0.2) is 15.0 Å². The first-order valence-electron chi connectivity index (χ1n) is 6.60. The fraction of sp³-hybridized carbons (Fsp3) is 0.833. The van der Waals surface area contributed by atoms with E-state index in [1.54, 1.807) is 0 Å². The second-order valence-electron chi connectivity index (χ2n) is 5.16. The summed E-state index contributed by atoms with van der Waals surface area (Å²) in [7, 11) is -1.09. The number of hydrogen-bond acceptors (Lipinski definition) is 4. The molecule has 5 nitrogen and oxygen atoms in total. The van der Waals surface area contributed by atoms with E-state index < -0.39 is 9.84 Å². The Kier molecular flexibility index (Phi) is 4.25. The smallest absolute Gasteiger partial charge is 0.251 e. The summed E-state index contributed by atoms with van der Waals surface area (Å²) in [4.78, 5) is 18.1. The molecule has 1 amide bonds. The maximum Gasteiger partial charge on any atom is 0.251 e. The van der Waals surface area contributed by atoms with E-state index in [2.05, 4.69) is 4.99 Å². The summed E-state index contributed by atoms with van der Waals surface area (Å²) in [6.45, 7) is 3.97. The standard InChI is InChI=1S/C12H20N2O3S2/c1-4-8(5-2)11(15)13-12-14(3)9-6-19(16,17)7-10(9)18-12/h8-10H,4-7H2,1-3H3/t9-,10-/m0/s1. The molecule has 0 N–H and O–H groups in total. The third-order valence-corrected chi connectivity index (χ3v) is 7.17. The minimum absolute atomic E-state index is 0.0225. The first kappa shape index (κ1) is 14.8. The number of amides is 1. The van der Waals surface area contributed by atoms with E-state index in [1.807, 2.05) is 25.8 Å². The van der Waals surface area contributed by atoms with Gasteiger partial charge in [-0.1, -0.05) is 25.6 Å². The highest BCUT2D eigenvalue weighted by Crippen LogP contribution is 2.37. The summed E-state index contributed by atoms with van der Waals surface area (Å²) < 4.78 is 23.1. The molecule has 2 rings (SSSR count). The highest BCUT2D eigenvalue weighted by Gasteiger charge is 2.47. The predicted molar refractivity (Wildman–Crippen MR) is 78.1 cm³/mol. The molecule has 0 aliphatic carbocycles. The highest BCUT2D eigenvalue weighted by atomic mass is 32.2. The number of hydrogen-bond donors (Lipinski definition) is 0. The monoisotopic (exact) mass is 304 g/mol. The third-order valence-electron chi connectivity index (χ3n) is 3.87. The van der Waals surface area contributed by atoms with Gasteiger partial charge in [-0.25, -0.2) is 8.42 Å². The van der Waals surface area contributed by atoms with E-state index in [-0.39, 0.29) is 34.6 Å². The molecule has 19 heavy (non-hydrogen) atoms. The minimum Gasteiger partial charge on any atom is -0.349 e. The molecular weight excluding hydrogens is 284 g/mol. The van der Waals surface area contributed by atoms with Gasteiger partial charge in [0.25, 0.3) is 5.91 Å². The number of nitrogens with zero attached hydrogens (tertiary/aromatic N) is 2. The van der Waals surface area contributed by atoms with Crippen LogP contribution >= 0.6 is 11.8 Å². The zero-order valence-corrected chi connectivity index (χ0v) is 13.1. The van der Waals surface area contributed by atoms with Crippen LogP contribution in [-0.2, 0) is 14.6 Å². The summed E-state index contributed by atoms with van der Waals surface area (Å²) >= 11 is 1.43. The van der Waals surface area contributed by atoms with Gasteiger partial charge in [0.2, 0.25) is 0 Å². The predicted octanol–water partition coefficient (Wildman–Crippen LogP) is 1.15. The molecular formula is C12H20N2O3S2. The lowest BCUT2D eigenvalue weighted by Gasteiger charge is -2.18. The normalized spacial score (nSPS) is 31.2. The quantitative estimate of drug-likeness (QED) is 0.782. The van der Waals surface area contributed by atoms with Gasteiger partial charge in [-0.15, -0.1) is 0 Å². The summed E-state index contributed by atoms with van der Waals surface area (Å²) in [5.41, 5.74) is 0. The van der Waals surface area contributed by atoms with Crippen LogP contribution in [-0.4, -0.2) is 54.2 Å². The number of amidine groups is 1. The van der Waals surface area contributed by atoms with Crippen LogP contribution in [0.2, 0.25) is 0 Å². The molecule has 0 unspecified atom stereocenters. The van der Waals surface area contributed by atoms with Crippen LogP contribution < -0.4 is 0 Å². The fourth-order valence-electron chi connectivity index (χ4n) is 2.56. The molecule has 0 spiro atoms. The molecule has 2 atom stereocenters.